The molecule has 0 atom stereocenters. The van der Waals surface area contributed by atoms with E-state index in [0.29, 0.717) is 5.69 Å². The number of nitrogens with one attached hydrogen (secondary N) is 1. The molecule has 0 bridgehead atoms. The van der Waals surface area contributed by atoms with Crippen LogP contribution in [0.1, 0.15) is 26.3 Å². The van der Waals surface area contributed by atoms with Crippen LogP contribution in [-0.2, 0) is 11.2 Å². The lowest BCUT2D eigenvalue weighted by Crippen LogP contribution is -2.27. The topological polar surface area (TPSA) is 38.3 Å². The van der Waals surface area contributed by atoms with Gasteiger partial charge in [0.25, 0.3) is 0 Å². The molecule has 0 heterocycles. The quantitative estimate of drug-likeness (QED) is 0.812. The fraction of sp³-hybridized carbons (Fsp3) is 0.462. The van der Waals surface area contributed by atoms with Crippen molar-refractivity contribution in [2.75, 3.05) is 11.1 Å². The summed E-state index contributed by atoms with van der Waals surface area (Å²) in [7, 11) is 0. The first-order chi connectivity index (χ1) is 8.31. The van der Waals surface area contributed by atoms with Gasteiger partial charge in [-0.25, -0.2) is 4.79 Å². The van der Waals surface area contributed by atoms with Gasteiger partial charge in [0.15, 0.2) is 0 Å². The van der Waals surface area contributed by atoms with Crippen molar-refractivity contribution in [3.05, 3.63) is 28.2 Å². The molecule has 0 aliphatic carbocycles. The maximum absolute atomic E-state index is 11.7. The zero-order chi connectivity index (χ0) is 13.8. The molecule has 0 aliphatic rings. The Morgan fingerprint density at radius 3 is 2.67 bits per heavy atom. The molecule has 1 aromatic rings. The molecule has 0 radical (unpaired) electrons. The molecule has 0 saturated heterocycles. The summed E-state index contributed by atoms with van der Waals surface area (Å²) in [4.78, 5) is 11.7. The molecule has 0 spiro atoms. The van der Waals surface area contributed by atoms with Crippen molar-refractivity contribution >= 4 is 40.3 Å². The molecule has 1 aromatic carbocycles. The van der Waals surface area contributed by atoms with E-state index in [4.69, 9.17) is 4.74 Å². The number of thiol groups is 1. The summed E-state index contributed by atoms with van der Waals surface area (Å²) in [5.41, 5.74) is 1.34. The lowest BCUT2D eigenvalue weighted by molar-refractivity contribution is 0.0636. The molecule has 0 saturated carbocycles. The van der Waals surface area contributed by atoms with Crippen LogP contribution in [0.25, 0.3) is 0 Å². The third-order valence-electron chi connectivity index (χ3n) is 2.07. The van der Waals surface area contributed by atoms with Crippen LogP contribution in [-0.4, -0.2) is 17.4 Å². The van der Waals surface area contributed by atoms with E-state index in [1.54, 1.807) is 0 Å². The summed E-state index contributed by atoms with van der Waals surface area (Å²) >= 11 is 7.59. The highest BCUT2D eigenvalue weighted by Crippen LogP contribution is 2.24. The van der Waals surface area contributed by atoms with Crippen molar-refractivity contribution < 1.29 is 9.53 Å². The highest BCUT2D eigenvalue weighted by Gasteiger charge is 2.17. The molecular weight excluding hydrogens is 314 g/mol. The molecule has 0 aliphatic heterocycles. The minimum Gasteiger partial charge on any atom is -0.444 e. The maximum Gasteiger partial charge on any atom is 0.412 e. The minimum absolute atomic E-state index is 0.453. The number of hydrogen-bond donors (Lipinski definition) is 2. The smallest absolute Gasteiger partial charge is 0.412 e. The van der Waals surface area contributed by atoms with Crippen LogP contribution in [0.5, 0.6) is 0 Å². The second kappa shape index (κ2) is 6.48. The van der Waals surface area contributed by atoms with Crippen LogP contribution in [0.15, 0.2) is 22.7 Å². The van der Waals surface area contributed by atoms with Crippen LogP contribution < -0.4 is 5.32 Å². The molecule has 5 heteroatoms. The van der Waals surface area contributed by atoms with Crippen molar-refractivity contribution in [2.45, 2.75) is 32.8 Å². The van der Waals surface area contributed by atoms with Crippen molar-refractivity contribution in [3.8, 4) is 0 Å². The van der Waals surface area contributed by atoms with E-state index in [9.17, 15) is 4.79 Å². The van der Waals surface area contributed by atoms with Gasteiger partial charge in [0.1, 0.15) is 5.60 Å². The van der Waals surface area contributed by atoms with E-state index in [-0.39, 0.29) is 0 Å². The van der Waals surface area contributed by atoms with Crippen LogP contribution in [0.2, 0.25) is 0 Å². The van der Waals surface area contributed by atoms with Gasteiger partial charge in [-0.2, -0.15) is 12.6 Å². The first-order valence-corrected chi connectivity index (χ1v) is 7.13. The Hall–Kier alpha value is -0.680. The fourth-order valence-corrected chi connectivity index (χ4v) is 1.97. The molecule has 1 amide bonds. The number of hydrogen-bond acceptors (Lipinski definition) is 3. The average molecular weight is 332 g/mol. The molecule has 1 N–H and O–H groups in total. The van der Waals surface area contributed by atoms with Gasteiger partial charge < -0.3 is 4.74 Å². The van der Waals surface area contributed by atoms with Gasteiger partial charge in [0.05, 0.1) is 5.69 Å². The summed E-state index contributed by atoms with van der Waals surface area (Å²) in [6, 6.07) is 5.83. The summed E-state index contributed by atoms with van der Waals surface area (Å²) in [5, 5.41) is 2.73. The number of anilines is 1. The Bertz CT molecular complexity index is 429. The molecule has 0 unspecified atom stereocenters. The number of halogens is 1. The molecule has 0 aromatic heterocycles. The average Bonchev–Trinajstić information content (AvgIpc) is 2.20. The Morgan fingerprint density at radius 2 is 2.11 bits per heavy atom. The van der Waals surface area contributed by atoms with Crippen molar-refractivity contribution in [3.63, 3.8) is 0 Å². The third kappa shape index (κ3) is 5.31. The fourth-order valence-electron chi connectivity index (χ4n) is 1.37. The molecule has 18 heavy (non-hydrogen) atoms. The van der Waals surface area contributed by atoms with Gasteiger partial charge in [0, 0.05) is 4.47 Å². The maximum atomic E-state index is 11.7. The second-order valence-corrected chi connectivity index (χ2v) is 6.22. The number of aryl methyl sites for hydroxylation is 1. The number of ether oxygens (including phenoxy) is 1. The van der Waals surface area contributed by atoms with Crippen LogP contribution in [0.3, 0.4) is 0 Å². The Kier molecular flexibility index (Phi) is 5.53. The van der Waals surface area contributed by atoms with Crippen LogP contribution in [0, 0.1) is 0 Å². The summed E-state index contributed by atoms with van der Waals surface area (Å²) < 4.78 is 6.04. The third-order valence-corrected chi connectivity index (χ3v) is 2.98. The van der Waals surface area contributed by atoms with Gasteiger partial charge in [0.2, 0.25) is 0 Å². The van der Waals surface area contributed by atoms with Crippen molar-refractivity contribution in [2.24, 2.45) is 0 Å². The molecular formula is C13H18BrNO2S. The van der Waals surface area contributed by atoms with E-state index in [0.717, 1.165) is 22.2 Å². The lowest BCUT2D eigenvalue weighted by atomic mass is 10.1. The molecule has 3 nitrogen and oxygen atoms in total. The summed E-state index contributed by atoms with van der Waals surface area (Å²) in [5.74, 6) is 0.771. The monoisotopic (exact) mass is 331 g/mol. The first-order valence-electron chi connectivity index (χ1n) is 5.71. The number of benzene rings is 1. The van der Waals surface area contributed by atoms with Gasteiger partial charge in [-0.3, -0.25) is 5.32 Å². The second-order valence-electron chi connectivity index (χ2n) is 4.91. The van der Waals surface area contributed by atoms with Gasteiger partial charge in [-0.1, -0.05) is 6.07 Å². The minimum atomic E-state index is -0.501. The molecule has 1 rings (SSSR count). The van der Waals surface area contributed by atoms with Gasteiger partial charge in [-0.15, -0.1) is 0 Å². The first kappa shape index (κ1) is 15.4. The Morgan fingerprint density at radius 1 is 1.44 bits per heavy atom. The van der Waals surface area contributed by atoms with E-state index in [2.05, 4.69) is 33.9 Å². The Labute approximate surface area is 122 Å². The highest BCUT2D eigenvalue weighted by atomic mass is 79.9. The molecule has 0 fully saturated rings. The SMILES string of the molecule is CC(C)(C)OC(=O)Nc1cc(CCS)ccc1Br. The van der Waals surface area contributed by atoms with Crippen LogP contribution in [0.4, 0.5) is 10.5 Å². The predicted octanol–water partition coefficient (Wildman–Crippen LogP) is 4.27. The number of carbonyl (C=O) groups is 1. The van der Waals surface area contributed by atoms with E-state index in [1.165, 1.54) is 0 Å². The van der Waals surface area contributed by atoms with Crippen molar-refractivity contribution in [1.82, 2.24) is 0 Å². The standard InChI is InChI=1S/C13H18BrNO2S/c1-13(2,3)17-12(16)15-11-8-9(6-7-18)4-5-10(11)14/h4-5,8,18H,6-7H2,1-3H3,(H,15,16). The van der Waals surface area contributed by atoms with E-state index < -0.39 is 11.7 Å². The summed E-state index contributed by atoms with van der Waals surface area (Å²) in [6.07, 6.45) is 0.408. The van der Waals surface area contributed by atoms with Gasteiger partial charge >= 0.3 is 6.09 Å². The predicted molar refractivity (Wildman–Crippen MR) is 81.6 cm³/mol. The van der Waals surface area contributed by atoms with E-state index >= 15 is 0 Å². The zero-order valence-corrected chi connectivity index (χ0v) is 13.3. The van der Waals surface area contributed by atoms with E-state index in [1.807, 2.05) is 39.0 Å². The number of rotatable bonds is 3. The van der Waals surface area contributed by atoms with Crippen molar-refractivity contribution in [1.29, 1.82) is 0 Å². The largest absolute Gasteiger partial charge is 0.444 e. The Balaban J connectivity index is 2.77. The number of carbonyl (C=O) groups excluding carboxylic acids is 1. The summed E-state index contributed by atoms with van der Waals surface area (Å²) in [6.45, 7) is 5.50. The number of amides is 1. The lowest BCUT2D eigenvalue weighted by Gasteiger charge is -2.20. The van der Waals surface area contributed by atoms with Gasteiger partial charge in [-0.05, 0) is 66.6 Å². The zero-order valence-electron chi connectivity index (χ0n) is 10.8. The molecule has 100 valence electrons. The highest BCUT2D eigenvalue weighted by molar-refractivity contribution is 9.10. The van der Waals surface area contributed by atoms with Crippen LogP contribution >= 0.6 is 28.6 Å². The normalized spacial score (nSPS) is 11.2.